The zero-order valence-electron chi connectivity index (χ0n) is 46.4. The first kappa shape index (κ1) is 49.1. The smallest absolute Gasteiger partial charge is 0.220 e. The van der Waals surface area contributed by atoms with E-state index in [2.05, 4.69) is 246 Å². The van der Waals surface area contributed by atoms with Crippen molar-refractivity contribution in [3.8, 4) is 73.1 Å². The molecule has 0 unspecified atom stereocenters. The van der Waals surface area contributed by atoms with Crippen molar-refractivity contribution in [2.75, 3.05) is 0 Å². The second kappa shape index (κ2) is 19.1. The lowest BCUT2D eigenvalue weighted by molar-refractivity contribution is 0.669. The first-order chi connectivity index (χ1) is 43.1. The number of furan rings is 1. The number of nitriles is 1. The van der Waals surface area contributed by atoms with E-state index in [0.29, 0.717) is 28.2 Å². The summed E-state index contributed by atoms with van der Waals surface area (Å²) in [7, 11) is 0. The second-order valence-corrected chi connectivity index (χ2v) is 24.4. The molecule has 0 saturated heterocycles. The number of nitrogens with zero attached hydrogens (tertiary/aromatic N) is 4. The van der Waals surface area contributed by atoms with Gasteiger partial charge in [0.05, 0.1) is 55.0 Å². The third-order valence-electron chi connectivity index (χ3n) is 17.8. The number of hydrogen-bond acceptors (Lipinski definition) is 4. The topological polar surface area (TPSA) is 51.1 Å². The summed E-state index contributed by atoms with van der Waals surface area (Å²) in [6.45, 7) is 9.65. The molecule has 0 radical (unpaired) electrons. The summed E-state index contributed by atoms with van der Waals surface area (Å²) in [4.78, 5) is 4.69. The van der Waals surface area contributed by atoms with E-state index in [1.165, 1.54) is 31.3 Å². The van der Waals surface area contributed by atoms with Crippen LogP contribution < -0.4 is 0 Å². The van der Waals surface area contributed by atoms with Gasteiger partial charge in [-0.3, -0.25) is 0 Å². The van der Waals surface area contributed by atoms with E-state index in [0.717, 1.165) is 125 Å². The molecule has 0 fully saturated rings. The number of fused-ring (bicyclic) bond motifs is 17. The van der Waals surface area contributed by atoms with Crippen LogP contribution in [0.5, 0.6) is 0 Å². The summed E-state index contributed by atoms with van der Waals surface area (Å²) >= 11 is 3.61. The molecule has 13 aromatic carbocycles. The maximum absolute atomic E-state index is 12.6. The van der Waals surface area contributed by atoms with Gasteiger partial charge in [-0.1, -0.05) is 224 Å². The molecule has 0 aliphatic carbocycles. The van der Waals surface area contributed by atoms with Crippen LogP contribution in [-0.2, 0) is 0 Å². The summed E-state index contributed by atoms with van der Waals surface area (Å²) in [6.07, 6.45) is 0. The largest absolute Gasteiger partial charge is 0.456 e. The Labute approximate surface area is 506 Å². The van der Waals surface area contributed by atoms with Gasteiger partial charge in [-0.05, 0) is 87.0 Å². The molecule has 0 aliphatic rings. The molecular formula is C80H44N4OS2. The number of hydrogen-bond donors (Lipinski definition) is 0. The van der Waals surface area contributed by atoms with E-state index >= 15 is 0 Å². The molecule has 0 bridgehead atoms. The van der Waals surface area contributed by atoms with Crippen molar-refractivity contribution >= 4 is 134 Å². The van der Waals surface area contributed by atoms with Gasteiger partial charge in [0.25, 0.3) is 0 Å². The Morgan fingerprint density at radius 1 is 0.368 bits per heavy atom. The molecule has 5 heterocycles. The Hall–Kier alpha value is -11.3. The van der Waals surface area contributed by atoms with Gasteiger partial charge in [-0.15, -0.1) is 22.7 Å². The van der Waals surface area contributed by atoms with E-state index in [-0.39, 0.29) is 0 Å². The minimum atomic E-state index is 0.388. The van der Waals surface area contributed by atoms with Crippen LogP contribution in [0.1, 0.15) is 5.56 Å². The van der Waals surface area contributed by atoms with Crippen molar-refractivity contribution < 1.29 is 4.42 Å². The quantitative estimate of drug-likeness (QED) is 0.149. The monoisotopic (exact) mass is 1140 g/mol. The average molecular weight is 1140 g/mol. The molecular weight excluding hydrogens is 1100 g/mol. The highest BCUT2D eigenvalue weighted by molar-refractivity contribution is 7.27. The zero-order valence-corrected chi connectivity index (χ0v) is 48.1. The number of aromatic nitrogens is 2. The molecule has 0 aliphatic heterocycles. The molecule has 0 N–H and O–H groups in total. The molecule has 7 heteroatoms. The van der Waals surface area contributed by atoms with Gasteiger partial charge in [0, 0.05) is 74.4 Å². The van der Waals surface area contributed by atoms with Gasteiger partial charge in [0.1, 0.15) is 17.2 Å². The van der Waals surface area contributed by atoms with Crippen molar-refractivity contribution in [2.45, 2.75) is 0 Å². The predicted octanol–water partition coefficient (Wildman–Crippen LogP) is 23.3. The van der Waals surface area contributed by atoms with Crippen LogP contribution in [-0.4, -0.2) is 9.13 Å². The minimum absolute atomic E-state index is 0.388. The second-order valence-electron chi connectivity index (χ2n) is 22.3. The van der Waals surface area contributed by atoms with Crippen molar-refractivity contribution in [1.82, 2.24) is 9.13 Å². The zero-order chi connectivity index (χ0) is 57.4. The Morgan fingerprint density at radius 2 is 0.851 bits per heavy atom. The van der Waals surface area contributed by atoms with Gasteiger partial charge in [0.2, 0.25) is 5.69 Å². The van der Waals surface area contributed by atoms with Crippen LogP contribution in [0, 0.1) is 17.9 Å². The first-order valence-corrected chi connectivity index (χ1v) is 30.7. The van der Waals surface area contributed by atoms with Crippen LogP contribution >= 0.6 is 22.7 Å². The first-order valence-electron chi connectivity index (χ1n) is 29.1. The fourth-order valence-electron chi connectivity index (χ4n) is 14.2. The lowest BCUT2D eigenvalue weighted by Gasteiger charge is -2.26. The van der Waals surface area contributed by atoms with Crippen molar-refractivity contribution in [1.29, 1.82) is 5.26 Å². The molecule has 0 saturated carbocycles. The van der Waals surface area contributed by atoms with Crippen molar-refractivity contribution in [2.24, 2.45) is 0 Å². The standard InChI is InChI=1S/C80H44N4OS2/c1-82-74-69(49-25-10-4-11-26-49)62(46-81)75(70(50-27-12-5-13-28-50)78(74)83-63-34-16-14-30-58(63)71-54(31-18-35-64(71)83)51-39-44-66-61(45-51)55-29-15-17-36-65(55)85-66)84-76-56(40-42-59-72-52(47-21-6-2-7-22-47)32-19-37-67(72)86-79(59)76)57-41-43-60-73-53(48-23-8-3-9-24-48)33-20-38-68(73)87-80(60)77(57)84/h2-45H. The molecule has 5 nitrogen and oxygen atoms in total. The molecule has 402 valence electrons. The predicted molar refractivity (Wildman–Crippen MR) is 366 cm³/mol. The molecule has 18 aromatic rings. The summed E-state index contributed by atoms with van der Waals surface area (Å²) in [5, 5.41) is 23.6. The van der Waals surface area contributed by atoms with E-state index < -0.39 is 0 Å². The number of benzene rings is 13. The van der Waals surface area contributed by atoms with Gasteiger partial charge in [-0.25, -0.2) is 4.85 Å². The van der Waals surface area contributed by atoms with Crippen LogP contribution in [0.2, 0.25) is 0 Å². The molecule has 0 spiro atoms. The number of para-hydroxylation sites is 2. The Kier molecular flexibility index (Phi) is 10.8. The minimum Gasteiger partial charge on any atom is -0.456 e. The number of thiophene rings is 2. The highest BCUT2D eigenvalue weighted by Crippen LogP contribution is 2.56. The van der Waals surface area contributed by atoms with E-state index in [9.17, 15) is 11.8 Å². The number of rotatable bonds is 7. The van der Waals surface area contributed by atoms with Crippen molar-refractivity contribution in [3.63, 3.8) is 0 Å². The van der Waals surface area contributed by atoms with E-state index in [1.807, 2.05) is 36.4 Å². The maximum Gasteiger partial charge on any atom is 0.220 e. The third-order valence-corrected chi connectivity index (χ3v) is 20.1. The van der Waals surface area contributed by atoms with E-state index in [4.69, 9.17) is 9.26 Å². The Balaban J connectivity index is 1.07. The Bertz CT molecular complexity index is 5840. The molecule has 87 heavy (non-hydrogen) atoms. The van der Waals surface area contributed by atoms with Gasteiger partial charge < -0.3 is 13.6 Å². The lowest BCUT2D eigenvalue weighted by Crippen LogP contribution is -2.09. The summed E-state index contributed by atoms with van der Waals surface area (Å²) in [6, 6.07) is 97.4. The van der Waals surface area contributed by atoms with E-state index in [1.54, 1.807) is 22.7 Å². The molecule has 0 amide bonds. The third kappa shape index (κ3) is 7.10. The average Bonchev–Trinajstić information content (AvgIpc) is 1.64. The highest BCUT2D eigenvalue weighted by atomic mass is 32.1. The summed E-state index contributed by atoms with van der Waals surface area (Å²) in [5.41, 5.74) is 17.6. The molecule has 0 atom stereocenters. The van der Waals surface area contributed by atoms with Crippen LogP contribution in [0.4, 0.5) is 5.69 Å². The molecule has 5 aromatic heterocycles. The van der Waals surface area contributed by atoms with Gasteiger partial charge >= 0.3 is 0 Å². The lowest BCUT2D eigenvalue weighted by atomic mass is 9.88. The normalized spacial score (nSPS) is 11.9. The fourth-order valence-corrected chi connectivity index (χ4v) is 16.7. The van der Waals surface area contributed by atoms with Gasteiger partial charge in [-0.2, -0.15) is 5.26 Å². The highest BCUT2D eigenvalue weighted by Gasteiger charge is 2.34. The fraction of sp³-hybridized carbons (Fsp3) is 0. The van der Waals surface area contributed by atoms with Crippen LogP contribution in [0.25, 0.3) is 178 Å². The maximum atomic E-state index is 12.6. The summed E-state index contributed by atoms with van der Waals surface area (Å²) < 4.78 is 15.8. The molecule has 18 rings (SSSR count). The Morgan fingerprint density at radius 3 is 1.44 bits per heavy atom. The van der Waals surface area contributed by atoms with Crippen LogP contribution in [0.15, 0.2) is 271 Å². The van der Waals surface area contributed by atoms with Gasteiger partial charge in [0.15, 0.2) is 0 Å². The SMILES string of the molecule is [C-]#[N+]c1c(-c2ccccc2)c(C#N)c(-n2c3c(ccc4c3sc3cccc(-c5ccccc5)c34)c3ccc4c(sc5cccc(-c6ccccc6)c54)c32)c(-c2ccccc2)c1-n1c2ccccc2c2c(-c3ccc4oc5ccccc5c4c3)cccc21. The van der Waals surface area contributed by atoms with Crippen LogP contribution in [0.3, 0.4) is 0 Å². The van der Waals surface area contributed by atoms with Crippen molar-refractivity contribution in [3.05, 3.63) is 284 Å². The summed E-state index contributed by atoms with van der Waals surface area (Å²) in [5.74, 6) is 0.